The van der Waals surface area contributed by atoms with Crippen LogP contribution in [0.2, 0.25) is 0 Å². The zero-order chi connectivity index (χ0) is 35.1. The molecule has 0 bridgehead atoms. The summed E-state index contributed by atoms with van der Waals surface area (Å²) in [5.74, 6) is 0. The SMILES string of the molecule is S=P(c1ccccc1)(c1ccc2cc(-c3ccc4c5c6ccccc6ccc5c5nc6ccccc6n5c4c3)ccc2c1)c1ncc2ccccc2n1. The summed E-state index contributed by atoms with van der Waals surface area (Å²) in [4.78, 5) is 15.1. The number of hydrogen-bond acceptors (Lipinski definition) is 4. The Kier molecular flexibility index (Phi) is 6.66. The van der Waals surface area contributed by atoms with Crippen molar-refractivity contribution in [1.29, 1.82) is 0 Å². The van der Waals surface area contributed by atoms with Crippen molar-refractivity contribution in [2.24, 2.45) is 0 Å². The van der Waals surface area contributed by atoms with Crippen LogP contribution in [-0.4, -0.2) is 19.4 Å². The first kappa shape index (κ1) is 30.4. The second-order valence-corrected chi connectivity index (χ2v) is 17.9. The van der Waals surface area contributed by atoms with Crippen LogP contribution in [0.15, 0.2) is 176 Å². The van der Waals surface area contributed by atoms with Crippen molar-refractivity contribution in [2.75, 3.05) is 0 Å². The molecule has 3 aromatic heterocycles. The number of rotatable bonds is 4. The first-order valence-corrected chi connectivity index (χ1v) is 20.5. The lowest BCUT2D eigenvalue weighted by Crippen LogP contribution is -2.29. The molecule has 11 aromatic rings. The molecule has 0 saturated heterocycles. The van der Waals surface area contributed by atoms with E-state index in [-0.39, 0.29) is 0 Å². The summed E-state index contributed by atoms with van der Waals surface area (Å²) < 4.78 is 2.34. The van der Waals surface area contributed by atoms with E-state index in [0.717, 1.165) is 71.0 Å². The maximum Gasteiger partial charge on any atom is 0.169 e. The quantitative estimate of drug-likeness (QED) is 0.135. The van der Waals surface area contributed by atoms with E-state index in [0.29, 0.717) is 5.57 Å². The molecule has 11 rings (SSSR count). The summed E-state index contributed by atoms with van der Waals surface area (Å²) in [6.07, 6.45) is 1.91. The molecule has 0 aliphatic heterocycles. The molecule has 0 aliphatic carbocycles. The Labute approximate surface area is 310 Å². The number of pyridine rings is 1. The Bertz CT molecular complexity index is 3340. The van der Waals surface area contributed by atoms with Crippen molar-refractivity contribution in [3.8, 4) is 11.1 Å². The average Bonchev–Trinajstić information content (AvgIpc) is 3.63. The molecule has 0 N–H and O–H groups in total. The molecule has 0 spiro atoms. The van der Waals surface area contributed by atoms with E-state index in [4.69, 9.17) is 26.8 Å². The predicted octanol–water partition coefficient (Wildman–Crippen LogP) is 10.5. The van der Waals surface area contributed by atoms with Crippen LogP contribution in [-0.2, 0) is 11.8 Å². The van der Waals surface area contributed by atoms with Gasteiger partial charge in [0, 0.05) is 27.7 Å². The van der Waals surface area contributed by atoms with Crippen LogP contribution in [0.3, 0.4) is 0 Å². The normalized spacial score (nSPS) is 13.1. The van der Waals surface area contributed by atoms with E-state index < -0.39 is 6.04 Å². The number of para-hydroxylation sites is 3. The maximum atomic E-state index is 6.68. The third-order valence-electron chi connectivity index (χ3n) is 10.6. The van der Waals surface area contributed by atoms with Gasteiger partial charge in [-0.15, -0.1) is 0 Å². The van der Waals surface area contributed by atoms with Gasteiger partial charge in [-0.05, 0) is 85.7 Å². The molecule has 4 nitrogen and oxygen atoms in total. The average molecular weight is 713 g/mol. The lowest BCUT2D eigenvalue weighted by molar-refractivity contribution is 1.30. The Hall–Kier alpha value is -6.26. The third-order valence-corrected chi connectivity index (χ3v) is 15.2. The number of nitrogens with zero attached hydrogens (tertiary/aromatic N) is 4. The number of benzene rings is 8. The van der Waals surface area contributed by atoms with Crippen LogP contribution >= 0.6 is 6.04 Å². The maximum absolute atomic E-state index is 6.68. The highest BCUT2D eigenvalue weighted by molar-refractivity contribution is 8.25. The minimum atomic E-state index is -2.56. The Balaban J connectivity index is 1.09. The fourth-order valence-electron chi connectivity index (χ4n) is 8.05. The fourth-order valence-corrected chi connectivity index (χ4v) is 11.4. The Morgan fingerprint density at radius 1 is 0.453 bits per heavy atom. The molecule has 0 aliphatic rings. The van der Waals surface area contributed by atoms with E-state index >= 15 is 0 Å². The van der Waals surface area contributed by atoms with Crippen LogP contribution in [0.25, 0.3) is 81.9 Å². The van der Waals surface area contributed by atoms with Crippen LogP contribution in [0.4, 0.5) is 0 Å². The zero-order valence-electron chi connectivity index (χ0n) is 28.4. The minimum absolute atomic E-state index is 0.711. The fraction of sp³-hybridized carbons (Fsp3) is 0. The molecule has 8 aromatic carbocycles. The third kappa shape index (κ3) is 4.61. The van der Waals surface area contributed by atoms with Crippen LogP contribution < -0.4 is 16.2 Å². The molecule has 3 heterocycles. The molecule has 0 saturated carbocycles. The highest BCUT2D eigenvalue weighted by atomic mass is 32.4. The zero-order valence-corrected chi connectivity index (χ0v) is 30.1. The number of imidazole rings is 1. The first-order chi connectivity index (χ1) is 26.1. The van der Waals surface area contributed by atoms with Gasteiger partial charge in [0.2, 0.25) is 0 Å². The largest absolute Gasteiger partial charge is 0.292 e. The van der Waals surface area contributed by atoms with Crippen LogP contribution in [0, 0.1) is 0 Å². The van der Waals surface area contributed by atoms with E-state index in [1.54, 1.807) is 0 Å². The topological polar surface area (TPSA) is 43.1 Å². The van der Waals surface area contributed by atoms with E-state index in [1.807, 2.05) is 36.5 Å². The number of aromatic nitrogens is 4. The van der Waals surface area contributed by atoms with Crippen LogP contribution in [0.1, 0.15) is 0 Å². The van der Waals surface area contributed by atoms with Gasteiger partial charge in [0.25, 0.3) is 0 Å². The van der Waals surface area contributed by atoms with Crippen molar-refractivity contribution in [3.63, 3.8) is 0 Å². The summed E-state index contributed by atoms with van der Waals surface area (Å²) in [6.45, 7) is 0. The van der Waals surface area contributed by atoms with Gasteiger partial charge in [0.05, 0.1) is 28.1 Å². The molecule has 0 fully saturated rings. The lowest BCUT2D eigenvalue weighted by Gasteiger charge is -2.22. The van der Waals surface area contributed by atoms with Gasteiger partial charge in [0.1, 0.15) is 5.65 Å². The monoisotopic (exact) mass is 712 g/mol. The standard InChI is InChI=1S/C47H29N4PS/c53-52(36-12-2-1-3-13-36,47-48-29-35-11-5-7-15-41(35)50-47)37-23-20-32-26-31(18-19-33(32)27-37)34-22-24-39-44(28-34)51-43-17-9-8-16-42(43)49-46(51)40-25-21-30-10-4-6-14-38(30)45(39)40/h1-29H. The minimum Gasteiger partial charge on any atom is -0.292 e. The summed E-state index contributed by atoms with van der Waals surface area (Å²) in [5.41, 5.74) is 8.15. The highest BCUT2D eigenvalue weighted by Crippen LogP contribution is 2.43. The molecule has 1 unspecified atom stereocenters. The Morgan fingerprint density at radius 2 is 1.13 bits per heavy atom. The van der Waals surface area contributed by atoms with Crippen molar-refractivity contribution < 1.29 is 0 Å². The second-order valence-electron chi connectivity index (χ2n) is 13.6. The van der Waals surface area contributed by atoms with Gasteiger partial charge in [0.15, 0.2) is 5.57 Å². The molecule has 6 heteroatoms. The van der Waals surface area contributed by atoms with Gasteiger partial charge in [-0.1, -0.05) is 139 Å². The summed E-state index contributed by atoms with van der Waals surface area (Å²) >= 11 is 6.68. The van der Waals surface area contributed by atoms with E-state index in [2.05, 4.69) is 144 Å². The molecular weight excluding hydrogens is 684 g/mol. The van der Waals surface area contributed by atoms with Gasteiger partial charge in [-0.3, -0.25) is 4.40 Å². The first-order valence-electron chi connectivity index (χ1n) is 17.7. The van der Waals surface area contributed by atoms with Gasteiger partial charge < -0.3 is 0 Å². The molecule has 1 atom stereocenters. The summed E-state index contributed by atoms with van der Waals surface area (Å²) in [6, 6.07) is 57.7. The van der Waals surface area contributed by atoms with Crippen molar-refractivity contribution >= 4 is 105 Å². The lowest BCUT2D eigenvalue weighted by atomic mass is 9.96. The smallest absolute Gasteiger partial charge is 0.169 e. The van der Waals surface area contributed by atoms with Gasteiger partial charge in [-0.2, -0.15) is 0 Å². The van der Waals surface area contributed by atoms with Crippen LogP contribution in [0.5, 0.6) is 0 Å². The number of fused-ring (bicyclic) bond motifs is 12. The van der Waals surface area contributed by atoms with E-state index in [1.165, 1.54) is 21.5 Å². The second kappa shape index (κ2) is 11.6. The van der Waals surface area contributed by atoms with Crippen molar-refractivity contribution in [2.45, 2.75) is 0 Å². The van der Waals surface area contributed by atoms with E-state index in [9.17, 15) is 0 Å². The Morgan fingerprint density at radius 3 is 2.04 bits per heavy atom. The molecule has 0 radical (unpaired) electrons. The molecule has 248 valence electrons. The predicted molar refractivity (Wildman–Crippen MR) is 227 cm³/mol. The van der Waals surface area contributed by atoms with Crippen molar-refractivity contribution in [1.82, 2.24) is 19.4 Å². The molecule has 0 amide bonds. The molecular formula is C47H29N4PS. The van der Waals surface area contributed by atoms with Crippen molar-refractivity contribution in [3.05, 3.63) is 176 Å². The van der Waals surface area contributed by atoms with Gasteiger partial charge in [-0.25, -0.2) is 15.0 Å². The summed E-state index contributed by atoms with van der Waals surface area (Å²) in [5, 5.41) is 11.5. The highest BCUT2D eigenvalue weighted by Gasteiger charge is 2.28. The molecule has 53 heavy (non-hydrogen) atoms. The van der Waals surface area contributed by atoms with Gasteiger partial charge >= 0.3 is 0 Å². The number of hydrogen-bond donors (Lipinski definition) is 0. The summed E-state index contributed by atoms with van der Waals surface area (Å²) in [7, 11) is 0.